The van der Waals surface area contributed by atoms with E-state index in [4.69, 9.17) is 6.42 Å². The predicted octanol–water partition coefficient (Wildman–Crippen LogP) is 0.921. The van der Waals surface area contributed by atoms with Gasteiger partial charge in [-0.05, 0) is 13.8 Å². The average Bonchev–Trinajstić information content (AvgIpc) is 2.48. The van der Waals surface area contributed by atoms with Gasteiger partial charge in [0.25, 0.3) is 0 Å². The highest BCUT2D eigenvalue weighted by Crippen LogP contribution is 2.02. The molecule has 0 atom stereocenters. The van der Waals surface area contributed by atoms with Gasteiger partial charge in [0.1, 0.15) is 0 Å². The molecule has 70 valence electrons. The van der Waals surface area contributed by atoms with E-state index in [2.05, 4.69) is 16.3 Å². The van der Waals surface area contributed by atoms with Crippen molar-refractivity contribution in [1.82, 2.24) is 15.1 Å². The SMILES string of the molecule is C#CC(C)(C)NCc1cnn(C)c1. The minimum absolute atomic E-state index is 0.254. The Kier molecular flexibility index (Phi) is 2.74. The Morgan fingerprint density at radius 1 is 1.69 bits per heavy atom. The number of hydrogen-bond acceptors (Lipinski definition) is 2. The van der Waals surface area contributed by atoms with Crippen LogP contribution in [0.25, 0.3) is 0 Å². The van der Waals surface area contributed by atoms with Crippen molar-refractivity contribution in [3.63, 3.8) is 0 Å². The van der Waals surface area contributed by atoms with Crippen LogP contribution in [0.15, 0.2) is 12.4 Å². The number of aryl methyl sites for hydroxylation is 1. The second-order valence-corrected chi connectivity index (χ2v) is 3.65. The van der Waals surface area contributed by atoms with Gasteiger partial charge in [0.15, 0.2) is 0 Å². The Morgan fingerprint density at radius 3 is 2.85 bits per heavy atom. The Balaban J connectivity index is 2.49. The summed E-state index contributed by atoms with van der Waals surface area (Å²) >= 11 is 0. The first-order valence-electron chi connectivity index (χ1n) is 4.24. The Bertz CT molecular complexity index is 317. The summed E-state index contributed by atoms with van der Waals surface area (Å²) in [7, 11) is 1.90. The smallest absolute Gasteiger partial charge is 0.0743 e. The summed E-state index contributed by atoms with van der Waals surface area (Å²) in [5.41, 5.74) is 0.890. The van der Waals surface area contributed by atoms with E-state index in [9.17, 15) is 0 Å². The molecule has 0 bridgehead atoms. The third-order valence-corrected chi connectivity index (χ3v) is 1.85. The minimum Gasteiger partial charge on any atom is -0.297 e. The van der Waals surface area contributed by atoms with Crippen molar-refractivity contribution in [2.45, 2.75) is 25.9 Å². The highest BCUT2D eigenvalue weighted by Gasteiger charge is 2.12. The molecule has 0 unspecified atom stereocenters. The first-order valence-corrected chi connectivity index (χ1v) is 4.24. The molecule has 1 rings (SSSR count). The van der Waals surface area contributed by atoms with Crippen molar-refractivity contribution in [2.24, 2.45) is 7.05 Å². The number of terminal acetylenes is 1. The van der Waals surface area contributed by atoms with Gasteiger partial charge >= 0.3 is 0 Å². The van der Waals surface area contributed by atoms with Crippen molar-refractivity contribution < 1.29 is 0 Å². The zero-order chi connectivity index (χ0) is 9.90. The van der Waals surface area contributed by atoms with Crippen LogP contribution in [0.4, 0.5) is 0 Å². The first-order chi connectivity index (χ1) is 6.03. The molecule has 0 aliphatic heterocycles. The van der Waals surface area contributed by atoms with Gasteiger partial charge in [-0.15, -0.1) is 6.42 Å². The first kappa shape index (κ1) is 9.82. The Labute approximate surface area is 79.1 Å². The number of nitrogens with zero attached hydrogens (tertiary/aromatic N) is 2. The number of nitrogens with one attached hydrogen (secondary N) is 1. The fourth-order valence-corrected chi connectivity index (χ4v) is 0.937. The van der Waals surface area contributed by atoms with E-state index in [1.807, 2.05) is 33.3 Å². The van der Waals surface area contributed by atoms with Gasteiger partial charge in [-0.2, -0.15) is 5.10 Å². The minimum atomic E-state index is -0.254. The molecule has 0 saturated carbocycles. The maximum absolute atomic E-state index is 5.34. The lowest BCUT2D eigenvalue weighted by Crippen LogP contribution is -2.36. The van der Waals surface area contributed by atoms with Crippen molar-refractivity contribution in [1.29, 1.82) is 0 Å². The zero-order valence-corrected chi connectivity index (χ0v) is 8.33. The van der Waals surface area contributed by atoms with E-state index < -0.39 is 0 Å². The van der Waals surface area contributed by atoms with E-state index >= 15 is 0 Å². The summed E-state index contributed by atoms with van der Waals surface area (Å²) < 4.78 is 1.78. The number of hydrogen-bond donors (Lipinski definition) is 1. The van der Waals surface area contributed by atoms with Gasteiger partial charge in [-0.1, -0.05) is 5.92 Å². The standard InChI is InChI=1S/C10H15N3/c1-5-10(2,3)11-6-9-7-12-13(4)8-9/h1,7-8,11H,6H2,2-4H3. The zero-order valence-electron chi connectivity index (χ0n) is 8.33. The molecule has 0 aromatic carbocycles. The molecule has 0 aliphatic rings. The topological polar surface area (TPSA) is 29.9 Å². The summed E-state index contributed by atoms with van der Waals surface area (Å²) in [5.74, 6) is 2.68. The Morgan fingerprint density at radius 2 is 2.38 bits per heavy atom. The van der Waals surface area contributed by atoms with Crippen molar-refractivity contribution in [3.05, 3.63) is 18.0 Å². The van der Waals surface area contributed by atoms with E-state index in [1.54, 1.807) is 4.68 Å². The number of aromatic nitrogens is 2. The van der Waals surface area contributed by atoms with Crippen LogP contribution in [0, 0.1) is 12.3 Å². The normalized spacial score (nSPS) is 11.2. The second-order valence-electron chi connectivity index (χ2n) is 3.65. The molecule has 0 amide bonds. The van der Waals surface area contributed by atoms with Gasteiger partial charge in [-0.3, -0.25) is 10.00 Å². The Hall–Kier alpha value is -1.27. The summed E-state index contributed by atoms with van der Waals surface area (Å²) in [4.78, 5) is 0. The molecule has 0 radical (unpaired) electrons. The molecule has 1 aromatic rings. The molecule has 0 aliphatic carbocycles. The van der Waals surface area contributed by atoms with Gasteiger partial charge in [0.05, 0.1) is 11.7 Å². The molecular formula is C10H15N3. The molecule has 0 fully saturated rings. The van der Waals surface area contributed by atoms with Crippen molar-refractivity contribution in [2.75, 3.05) is 0 Å². The van der Waals surface area contributed by atoms with Crippen LogP contribution in [0.1, 0.15) is 19.4 Å². The quantitative estimate of drug-likeness (QED) is 0.696. The lowest BCUT2D eigenvalue weighted by atomic mass is 10.1. The highest BCUT2D eigenvalue weighted by atomic mass is 15.2. The number of rotatable bonds is 3. The highest BCUT2D eigenvalue weighted by molar-refractivity contribution is 5.10. The monoisotopic (exact) mass is 177 g/mol. The maximum atomic E-state index is 5.34. The van der Waals surface area contributed by atoms with Gasteiger partial charge in [0.2, 0.25) is 0 Å². The molecule has 0 saturated heterocycles. The van der Waals surface area contributed by atoms with Crippen LogP contribution in [0.2, 0.25) is 0 Å². The lowest BCUT2D eigenvalue weighted by molar-refractivity contribution is 0.491. The van der Waals surface area contributed by atoms with E-state index in [0.717, 1.165) is 12.1 Å². The van der Waals surface area contributed by atoms with Crippen LogP contribution < -0.4 is 5.32 Å². The van der Waals surface area contributed by atoms with Gasteiger partial charge in [-0.25, -0.2) is 0 Å². The third-order valence-electron chi connectivity index (χ3n) is 1.85. The van der Waals surface area contributed by atoms with Crippen LogP contribution in [0.5, 0.6) is 0 Å². The van der Waals surface area contributed by atoms with Gasteiger partial charge < -0.3 is 0 Å². The molecule has 3 heteroatoms. The molecule has 0 spiro atoms. The largest absolute Gasteiger partial charge is 0.297 e. The molecule has 1 aromatic heterocycles. The third kappa shape index (κ3) is 2.92. The van der Waals surface area contributed by atoms with E-state index in [1.165, 1.54) is 0 Å². The van der Waals surface area contributed by atoms with E-state index in [-0.39, 0.29) is 5.54 Å². The summed E-state index contributed by atoms with van der Waals surface area (Å²) in [6, 6.07) is 0. The van der Waals surface area contributed by atoms with Crippen molar-refractivity contribution in [3.8, 4) is 12.3 Å². The lowest BCUT2D eigenvalue weighted by Gasteiger charge is -2.18. The molecule has 13 heavy (non-hydrogen) atoms. The van der Waals surface area contributed by atoms with Crippen molar-refractivity contribution >= 4 is 0 Å². The average molecular weight is 177 g/mol. The molecule has 3 nitrogen and oxygen atoms in total. The van der Waals surface area contributed by atoms with Crippen LogP contribution in [-0.2, 0) is 13.6 Å². The predicted molar refractivity (Wildman–Crippen MR) is 53.0 cm³/mol. The van der Waals surface area contributed by atoms with Crippen LogP contribution >= 0.6 is 0 Å². The fourth-order valence-electron chi connectivity index (χ4n) is 0.937. The maximum Gasteiger partial charge on any atom is 0.0743 e. The summed E-state index contributed by atoms with van der Waals surface area (Å²) in [6.45, 7) is 4.71. The summed E-state index contributed by atoms with van der Waals surface area (Å²) in [6.07, 6.45) is 9.15. The van der Waals surface area contributed by atoms with Crippen LogP contribution in [-0.4, -0.2) is 15.3 Å². The van der Waals surface area contributed by atoms with Gasteiger partial charge in [0, 0.05) is 25.4 Å². The fraction of sp³-hybridized carbons (Fsp3) is 0.500. The van der Waals surface area contributed by atoms with Crippen LogP contribution in [0.3, 0.4) is 0 Å². The molecule has 1 heterocycles. The molecular weight excluding hydrogens is 162 g/mol. The summed E-state index contributed by atoms with van der Waals surface area (Å²) in [5, 5.41) is 7.32. The second kappa shape index (κ2) is 3.63. The van der Waals surface area contributed by atoms with E-state index in [0.29, 0.717) is 0 Å². The molecule has 1 N–H and O–H groups in total.